The summed E-state index contributed by atoms with van der Waals surface area (Å²) in [5.74, 6) is 0.583. The molecule has 21 heavy (non-hydrogen) atoms. The van der Waals surface area contributed by atoms with Crippen LogP contribution in [0.2, 0.25) is 5.02 Å². The second-order valence-corrected chi connectivity index (χ2v) is 7.17. The lowest BCUT2D eigenvalue weighted by Gasteiger charge is -2.27. The third kappa shape index (κ3) is 4.20. The Morgan fingerprint density at radius 1 is 1.52 bits per heavy atom. The summed E-state index contributed by atoms with van der Waals surface area (Å²) in [6, 6.07) is 6.59. The van der Waals surface area contributed by atoms with E-state index >= 15 is 0 Å². The lowest BCUT2D eigenvalue weighted by molar-refractivity contribution is 0.135. The number of rotatable bonds is 6. The molecule has 1 fully saturated rings. The average Bonchev–Trinajstić information content (AvgIpc) is 2.81. The first-order valence-electron chi connectivity index (χ1n) is 7.54. The van der Waals surface area contributed by atoms with Crippen molar-refractivity contribution in [2.75, 3.05) is 26.7 Å². The molecule has 1 aliphatic rings. The second-order valence-electron chi connectivity index (χ2n) is 5.85. The molecule has 1 saturated heterocycles. The van der Waals surface area contributed by atoms with Gasteiger partial charge in [0.1, 0.15) is 0 Å². The zero-order valence-electron chi connectivity index (χ0n) is 12.6. The van der Waals surface area contributed by atoms with Crippen molar-refractivity contribution in [3.63, 3.8) is 0 Å². The SMILES string of the molecule is CNC(CCN1CCC(C)C1CO)c1ccc(Br)cc1Cl. The van der Waals surface area contributed by atoms with Gasteiger partial charge in [-0.1, -0.05) is 40.5 Å². The minimum atomic E-state index is 0.237. The van der Waals surface area contributed by atoms with Gasteiger partial charge in [-0.05, 0) is 50.0 Å². The molecule has 3 nitrogen and oxygen atoms in total. The van der Waals surface area contributed by atoms with Crippen LogP contribution in [0, 0.1) is 5.92 Å². The van der Waals surface area contributed by atoms with E-state index in [2.05, 4.69) is 39.1 Å². The Morgan fingerprint density at radius 2 is 2.29 bits per heavy atom. The highest BCUT2D eigenvalue weighted by Gasteiger charge is 2.30. The van der Waals surface area contributed by atoms with E-state index in [0.29, 0.717) is 12.0 Å². The van der Waals surface area contributed by atoms with Crippen molar-refractivity contribution in [3.8, 4) is 0 Å². The number of hydrogen-bond donors (Lipinski definition) is 2. The molecule has 1 heterocycles. The van der Waals surface area contributed by atoms with Crippen LogP contribution in [-0.2, 0) is 0 Å². The quantitative estimate of drug-likeness (QED) is 0.799. The van der Waals surface area contributed by atoms with Gasteiger partial charge in [-0.3, -0.25) is 4.90 Å². The highest BCUT2D eigenvalue weighted by atomic mass is 79.9. The van der Waals surface area contributed by atoms with Crippen LogP contribution >= 0.6 is 27.5 Å². The van der Waals surface area contributed by atoms with Crippen molar-refractivity contribution in [1.82, 2.24) is 10.2 Å². The molecule has 3 unspecified atom stereocenters. The summed E-state index contributed by atoms with van der Waals surface area (Å²) < 4.78 is 1.000. The first kappa shape index (κ1) is 17.2. The molecule has 2 rings (SSSR count). The van der Waals surface area contributed by atoms with E-state index in [1.807, 2.05) is 19.2 Å². The molecule has 0 aromatic heterocycles. The molecule has 0 aliphatic carbocycles. The number of hydrogen-bond acceptors (Lipinski definition) is 3. The van der Waals surface area contributed by atoms with Crippen LogP contribution in [0.5, 0.6) is 0 Å². The lowest BCUT2D eigenvalue weighted by atomic mass is 10.0. The van der Waals surface area contributed by atoms with Gasteiger partial charge in [-0.2, -0.15) is 0 Å². The maximum Gasteiger partial charge on any atom is 0.0589 e. The largest absolute Gasteiger partial charge is 0.395 e. The Bertz CT molecular complexity index is 472. The maximum absolute atomic E-state index is 9.54. The number of nitrogens with one attached hydrogen (secondary N) is 1. The van der Waals surface area contributed by atoms with Gasteiger partial charge in [0.15, 0.2) is 0 Å². The van der Waals surface area contributed by atoms with Gasteiger partial charge < -0.3 is 10.4 Å². The summed E-state index contributed by atoms with van der Waals surface area (Å²) in [6.45, 7) is 4.54. The molecule has 5 heteroatoms. The molecule has 1 aromatic rings. The van der Waals surface area contributed by atoms with E-state index in [-0.39, 0.29) is 12.6 Å². The van der Waals surface area contributed by atoms with Crippen molar-refractivity contribution in [3.05, 3.63) is 33.3 Å². The summed E-state index contributed by atoms with van der Waals surface area (Å²) in [7, 11) is 1.97. The van der Waals surface area contributed by atoms with Gasteiger partial charge in [-0.15, -0.1) is 0 Å². The van der Waals surface area contributed by atoms with E-state index in [4.69, 9.17) is 11.6 Å². The monoisotopic (exact) mass is 374 g/mol. The summed E-state index contributed by atoms with van der Waals surface area (Å²) in [4.78, 5) is 2.40. The molecule has 0 radical (unpaired) electrons. The summed E-state index contributed by atoms with van der Waals surface area (Å²) in [5.41, 5.74) is 1.13. The first-order valence-corrected chi connectivity index (χ1v) is 8.71. The standard InChI is InChI=1S/C16H24BrClN2O/c1-11-5-7-20(16(11)10-21)8-6-15(19-2)13-4-3-12(17)9-14(13)18/h3-4,9,11,15-16,19,21H,5-8,10H2,1-2H3. The smallest absolute Gasteiger partial charge is 0.0589 e. The first-order chi connectivity index (χ1) is 10.1. The molecule has 118 valence electrons. The maximum atomic E-state index is 9.54. The predicted molar refractivity (Wildman–Crippen MR) is 91.8 cm³/mol. The summed E-state index contributed by atoms with van der Waals surface area (Å²) in [6.07, 6.45) is 2.16. The van der Waals surface area contributed by atoms with E-state index < -0.39 is 0 Å². The Balaban J connectivity index is 1.99. The average molecular weight is 376 g/mol. The summed E-state index contributed by atoms with van der Waals surface area (Å²) in [5, 5.41) is 13.7. The normalized spacial score (nSPS) is 24.4. The Kier molecular flexibility index (Phi) is 6.51. The molecule has 0 bridgehead atoms. The van der Waals surface area contributed by atoms with Gasteiger partial charge in [0.2, 0.25) is 0 Å². The Morgan fingerprint density at radius 3 is 2.90 bits per heavy atom. The number of aliphatic hydroxyl groups is 1. The van der Waals surface area contributed by atoms with Gasteiger partial charge in [0.05, 0.1) is 6.61 Å². The number of benzene rings is 1. The lowest BCUT2D eigenvalue weighted by Crippen LogP contribution is -2.37. The second kappa shape index (κ2) is 7.93. The van der Waals surface area contributed by atoms with Crippen LogP contribution in [0.3, 0.4) is 0 Å². The van der Waals surface area contributed by atoms with Gasteiger partial charge >= 0.3 is 0 Å². The van der Waals surface area contributed by atoms with Crippen molar-refractivity contribution in [2.24, 2.45) is 5.92 Å². The van der Waals surface area contributed by atoms with Crippen molar-refractivity contribution < 1.29 is 5.11 Å². The third-order valence-corrected chi connectivity index (χ3v) is 5.40. The highest BCUT2D eigenvalue weighted by Crippen LogP contribution is 2.30. The molecule has 1 aliphatic heterocycles. The number of nitrogens with zero attached hydrogens (tertiary/aromatic N) is 1. The van der Waals surface area contributed by atoms with Crippen LogP contribution in [-0.4, -0.2) is 42.8 Å². The number of halogens is 2. The van der Waals surface area contributed by atoms with Gasteiger partial charge in [-0.25, -0.2) is 0 Å². The molecule has 0 amide bonds. The van der Waals surface area contributed by atoms with Gasteiger partial charge in [0, 0.05) is 28.1 Å². The fraction of sp³-hybridized carbons (Fsp3) is 0.625. The molecular weight excluding hydrogens is 352 g/mol. The summed E-state index contributed by atoms with van der Waals surface area (Å²) >= 11 is 9.80. The van der Waals surface area contributed by atoms with E-state index in [1.165, 1.54) is 6.42 Å². The van der Waals surface area contributed by atoms with Crippen LogP contribution in [0.1, 0.15) is 31.4 Å². The molecular formula is C16H24BrClN2O. The van der Waals surface area contributed by atoms with E-state index in [0.717, 1.165) is 34.6 Å². The van der Waals surface area contributed by atoms with Crippen LogP contribution in [0.15, 0.2) is 22.7 Å². The molecule has 0 spiro atoms. The van der Waals surface area contributed by atoms with Crippen molar-refractivity contribution in [1.29, 1.82) is 0 Å². The number of aliphatic hydroxyl groups excluding tert-OH is 1. The Hall–Kier alpha value is -0.130. The van der Waals surface area contributed by atoms with Crippen molar-refractivity contribution >= 4 is 27.5 Å². The van der Waals surface area contributed by atoms with Crippen molar-refractivity contribution in [2.45, 2.75) is 31.8 Å². The van der Waals surface area contributed by atoms with Crippen LogP contribution in [0.4, 0.5) is 0 Å². The zero-order valence-corrected chi connectivity index (χ0v) is 15.0. The number of likely N-dealkylation sites (tertiary alicyclic amines) is 1. The topological polar surface area (TPSA) is 35.5 Å². The fourth-order valence-electron chi connectivity index (χ4n) is 3.19. The molecule has 3 atom stereocenters. The highest BCUT2D eigenvalue weighted by molar-refractivity contribution is 9.10. The van der Waals surface area contributed by atoms with Crippen LogP contribution in [0.25, 0.3) is 0 Å². The molecule has 0 saturated carbocycles. The van der Waals surface area contributed by atoms with Crippen LogP contribution < -0.4 is 5.32 Å². The zero-order chi connectivity index (χ0) is 15.4. The van der Waals surface area contributed by atoms with E-state index in [1.54, 1.807) is 0 Å². The van der Waals surface area contributed by atoms with E-state index in [9.17, 15) is 5.11 Å². The minimum Gasteiger partial charge on any atom is -0.395 e. The fourth-order valence-corrected chi connectivity index (χ4v) is 4.00. The molecule has 1 aromatic carbocycles. The Labute approximate surface area is 140 Å². The molecule has 2 N–H and O–H groups in total. The van der Waals surface area contributed by atoms with Gasteiger partial charge in [0.25, 0.3) is 0 Å². The third-order valence-electron chi connectivity index (χ3n) is 4.58. The minimum absolute atomic E-state index is 0.237. The predicted octanol–water partition coefficient (Wildman–Crippen LogP) is 3.46.